The third kappa shape index (κ3) is 3.16. The van der Waals surface area contributed by atoms with E-state index in [4.69, 9.17) is 4.74 Å². The van der Waals surface area contributed by atoms with E-state index in [2.05, 4.69) is 53.7 Å². The van der Waals surface area contributed by atoms with Gasteiger partial charge in [-0.15, -0.1) is 0 Å². The SMILES string of the molecule is CC(C)[C@@H](C)C1OC1[C@](C)(O)[C@H]1CC[C@H]2C3=CC=C4C[C@@H](O)CC[C@]4(C)[C@H]3CC[C@@]21C. The highest BCUT2D eigenvalue weighted by atomic mass is 16.6. The first kappa shape index (κ1) is 22.2. The zero-order valence-corrected chi connectivity index (χ0v) is 20.5. The van der Waals surface area contributed by atoms with Crippen LogP contribution in [-0.4, -0.2) is 34.1 Å². The molecule has 174 valence electrons. The molecule has 0 radical (unpaired) electrons. The molecular weight excluding hydrogens is 384 g/mol. The number of ether oxygens (including phenoxy) is 1. The van der Waals surface area contributed by atoms with Crippen LogP contribution in [0.25, 0.3) is 0 Å². The van der Waals surface area contributed by atoms with E-state index in [1.165, 1.54) is 24.8 Å². The summed E-state index contributed by atoms with van der Waals surface area (Å²) in [5.74, 6) is 2.56. The molecule has 4 aliphatic carbocycles. The monoisotopic (exact) mass is 428 g/mol. The van der Waals surface area contributed by atoms with Crippen LogP contribution in [0.2, 0.25) is 0 Å². The number of rotatable bonds is 4. The summed E-state index contributed by atoms with van der Waals surface area (Å²) in [4.78, 5) is 0. The summed E-state index contributed by atoms with van der Waals surface area (Å²) in [5, 5.41) is 22.1. The molecule has 0 bridgehead atoms. The topological polar surface area (TPSA) is 53.0 Å². The number of allylic oxidation sites excluding steroid dienone is 3. The number of fused-ring (bicyclic) bond motifs is 5. The lowest BCUT2D eigenvalue weighted by atomic mass is 9.49. The van der Waals surface area contributed by atoms with Crippen LogP contribution in [0.5, 0.6) is 0 Å². The lowest BCUT2D eigenvalue weighted by Crippen LogP contribution is -2.52. The molecule has 2 N–H and O–H groups in total. The molecule has 1 aliphatic heterocycles. The third-order valence-electron chi connectivity index (χ3n) is 10.9. The smallest absolute Gasteiger partial charge is 0.113 e. The van der Waals surface area contributed by atoms with Crippen LogP contribution < -0.4 is 0 Å². The maximum atomic E-state index is 11.8. The lowest BCUT2D eigenvalue weighted by molar-refractivity contribution is -0.0815. The minimum absolute atomic E-state index is 0.00705. The highest BCUT2D eigenvalue weighted by molar-refractivity contribution is 5.39. The van der Waals surface area contributed by atoms with Crippen LogP contribution in [0.3, 0.4) is 0 Å². The first-order valence-corrected chi connectivity index (χ1v) is 13.0. The normalized spacial score (nSPS) is 49.3. The molecule has 31 heavy (non-hydrogen) atoms. The highest BCUT2D eigenvalue weighted by Gasteiger charge is 2.65. The molecule has 0 spiro atoms. The van der Waals surface area contributed by atoms with Gasteiger partial charge in [-0.25, -0.2) is 0 Å². The molecule has 3 heteroatoms. The van der Waals surface area contributed by atoms with Crippen molar-refractivity contribution in [3.63, 3.8) is 0 Å². The van der Waals surface area contributed by atoms with Gasteiger partial charge < -0.3 is 14.9 Å². The summed E-state index contributed by atoms with van der Waals surface area (Å²) in [6.07, 6.45) is 12.4. The quantitative estimate of drug-likeness (QED) is 0.568. The van der Waals surface area contributed by atoms with E-state index in [1.54, 1.807) is 5.57 Å². The summed E-state index contributed by atoms with van der Waals surface area (Å²) in [6, 6.07) is 0. The van der Waals surface area contributed by atoms with Gasteiger partial charge in [0, 0.05) is 0 Å². The molecule has 0 amide bonds. The minimum Gasteiger partial charge on any atom is -0.393 e. The molecule has 3 saturated carbocycles. The van der Waals surface area contributed by atoms with Crippen LogP contribution in [-0.2, 0) is 4.74 Å². The molecule has 0 aromatic rings. The standard InChI is InChI=1S/C28H44O3/c1-16(2)17(3)24-25(31-24)28(6,30)23-10-9-21-20-8-7-18-15-19(29)11-13-26(18,4)22(20)12-14-27(21,23)5/h7-8,16-17,19,21-25,29-30H,9-15H2,1-6H3/t17-,19+,21+,22+,23+,24?,25?,26+,27+,28-/m1/s1. The van der Waals surface area contributed by atoms with Gasteiger partial charge in [0.15, 0.2) is 0 Å². The second-order valence-corrected chi connectivity index (χ2v) is 12.8. The van der Waals surface area contributed by atoms with Crippen molar-refractivity contribution in [3.8, 4) is 0 Å². The molecule has 0 aromatic heterocycles. The third-order valence-corrected chi connectivity index (χ3v) is 10.9. The average Bonchev–Trinajstić information content (AvgIpc) is 3.43. The van der Waals surface area contributed by atoms with Crippen molar-refractivity contribution in [2.24, 2.45) is 40.4 Å². The second-order valence-electron chi connectivity index (χ2n) is 12.8. The van der Waals surface area contributed by atoms with E-state index in [9.17, 15) is 10.2 Å². The Balaban J connectivity index is 1.40. The Morgan fingerprint density at radius 2 is 1.77 bits per heavy atom. The van der Waals surface area contributed by atoms with Gasteiger partial charge in [0.05, 0.1) is 17.8 Å². The van der Waals surface area contributed by atoms with E-state index in [-0.39, 0.29) is 29.1 Å². The van der Waals surface area contributed by atoms with E-state index in [0.717, 1.165) is 25.7 Å². The fraction of sp³-hybridized carbons (Fsp3) is 0.857. The van der Waals surface area contributed by atoms with Crippen molar-refractivity contribution in [2.75, 3.05) is 0 Å². The van der Waals surface area contributed by atoms with Crippen LogP contribution in [0.4, 0.5) is 0 Å². The Hall–Kier alpha value is -0.640. The Bertz CT molecular complexity index is 794. The van der Waals surface area contributed by atoms with Gasteiger partial charge in [0.1, 0.15) is 6.10 Å². The molecule has 2 unspecified atom stereocenters. The molecule has 1 saturated heterocycles. The molecule has 5 rings (SSSR count). The number of aliphatic hydroxyl groups excluding tert-OH is 1. The Labute approximate surface area is 189 Å². The van der Waals surface area contributed by atoms with Crippen LogP contribution in [0.15, 0.2) is 23.3 Å². The minimum atomic E-state index is -0.751. The van der Waals surface area contributed by atoms with Crippen LogP contribution in [0, 0.1) is 40.4 Å². The van der Waals surface area contributed by atoms with Crippen molar-refractivity contribution in [2.45, 2.75) is 110 Å². The van der Waals surface area contributed by atoms with Crippen LogP contribution >= 0.6 is 0 Å². The first-order valence-electron chi connectivity index (χ1n) is 13.0. The molecule has 1 heterocycles. The van der Waals surface area contributed by atoms with Crippen molar-refractivity contribution in [3.05, 3.63) is 23.3 Å². The first-order chi connectivity index (χ1) is 14.5. The van der Waals surface area contributed by atoms with Gasteiger partial charge in [0.2, 0.25) is 0 Å². The van der Waals surface area contributed by atoms with Gasteiger partial charge in [-0.05, 0) is 92.3 Å². The van der Waals surface area contributed by atoms with Gasteiger partial charge >= 0.3 is 0 Å². The van der Waals surface area contributed by atoms with Crippen molar-refractivity contribution >= 4 is 0 Å². The molecule has 10 atom stereocenters. The van der Waals surface area contributed by atoms with E-state index >= 15 is 0 Å². The Morgan fingerprint density at radius 3 is 2.48 bits per heavy atom. The largest absolute Gasteiger partial charge is 0.393 e. The zero-order valence-electron chi connectivity index (χ0n) is 20.5. The second kappa shape index (κ2) is 7.18. The van der Waals surface area contributed by atoms with E-state index < -0.39 is 5.60 Å². The maximum absolute atomic E-state index is 11.8. The maximum Gasteiger partial charge on any atom is 0.113 e. The molecule has 5 aliphatic rings. The Kier molecular flexibility index (Phi) is 5.13. The summed E-state index contributed by atoms with van der Waals surface area (Å²) < 4.78 is 6.15. The predicted octanol–water partition coefficient (Wildman–Crippen LogP) is 5.66. The number of hydrogen-bond acceptors (Lipinski definition) is 3. The number of epoxide rings is 1. The van der Waals surface area contributed by atoms with Gasteiger partial charge in [-0.1, -0.05) is 57.9 Å². The van der Waals surface area contributed by atoms with E-state index in [0.29, 0.717) is 29.6 Å². The highest BCUT2D eigenvalue weighted by Crippen LogP contribution is 2.67. The predicted molar refractivity (Wildman–Crippen MR) is 124 cm³/mol. The lowest BCUT2D eigenvalue weighted by Gasteiger charge is -2.55. The molecule has 4 fully saturated rings. The van der Waals surface area contributed by atoms with Gasteiger partial charge in [-0.3, -0.25) is 0 Å². The molecule has 0 aromatic carbocycles. The van der Waals surface area contributed by atoms with Gasteiger partial charge in [0.25, 0.3) is 0 Å². The van der Waals surface area contributed by atoms with Crippen molar-refractivity contribution in [1.82, 2.24) is 0 Å². The summed E-state index contributed by atoms with van der Waals surface area (Å²) in [5.41, 5.74) is 2.75. The summed E-state index contributed by atoms with van der Waals surface area (Å²) in [7, 11) is 0. The summed E-state index contributed by atoms with van der Waals surface area (Å²) >= 11 is 0. The summed E-state index contributed by atoms with van der Waals surface area (Å²) in [6.45, 7) is 13.8. The fourth-order valence-electron chi connectivity index (χ4n) is 8.52. The fourth-order valence-corrected chi connectivity index (χ4v) is 8.52. The molecular formula is C28H44O3. The van der Waals surface area contributed by atoms with Crippen molar-refractivity contribution < 1.29 is 14.9 Å². The van der Waals surface area contributed by atoms with Crippen LogP contribution in [0.1, 0.15) is 86.5 Å². The molecule has 3 nitrogen and oxygen atoms in total. The van der Waals surface area contributed by atoms with Crippen molar-refractivity contribution in [1.29, 1.82) is 0 Å². The van der Waals surface area contributed by atoms with Gasteiger partial charge in [-0.2, -0.15) is 0 Å². The zero-order chi connectivity index (χ0) is 22.3. The number of aliphatic hydroxyl groups is 2. The van der Waals surface area contributed by atoms with E-state index in [1.807, 2.05) is 0 Å². The Morgan fingerprint density at radius 1 is 1.03 bits per heavy atom. The number of hydrogen-bond donors (Lipinski definition) is 2. The average molecular weight is 429 g/mol.